The van der Waals surface area contributed by atoms with E-state index in [-0.39, 0.29) is 5.75 Å². The van der Waals surface area contributed by atoms with E-state index in [1.54, 1.807) is 0 Å². The first-order valence-corrected chi connectivity index (χ1v) is 3.63. The van der Waals surface area contributed by atoms with Gasteiger partial charge in [0.2, 0.25) is 11.6 Å². The maximum Gasteiger partial charge on any atom is 0.346 e. The van der Waals surface area contributed by atoms with Crippen molar-refractivity contribution in [3.8, 4) is 5.75 Å². The SMILES string of the molecule is CC(=O)Oc1cccc(F)c1[N+](=O)[O-]. The summed E-state index contributed by atoms with van der Waals surface area (Å²) in [5.41, 5.74) is -0.831. The Morgan fingerprint density at radius 1 is 1.57 bits per heavy atom. The van der Waals surface area contributed by atoms with Crippen molar-refractivity contribution in [2.45, 2.75) is 6.92 Å². The fourth-order valence-electron chi connectivity index (χ4n) is 0.910. The number of nitro benzene ring substituents is 1. The standard InChI is InChI=1S/C8H6FNO4/c1-5(11)14-7-4-2-3-6(9)8(7)10(12)13/h2-4H,1H3. The first-order chi connectivity index (χ1) is 6.52. The van der Waals surface area contributed by atoms with Gasteiger partial charge in [-0.05, 0) is 12.1 Å². The third-order valence-corrected chi connectivity index (χ3v) is 1.39. The molecule has 5 nitrogen and oxygen atoms in total. The van der Waals surface area contributed by atoms with Gasteiger partial charge in [0, 0.05) is 6.92 Å². The number of halogens is 1. The molecule has 6 heteroatoms. The maximum atomic E-state index is 12.9. The number of hydrogen-bond acceptors (Lipinski definition) is 4. The van der Waals surface area contributed by atoms with Crippen LogP contribution in [-0.2, 0) is 4.79 Å². The van der Waals surface area contributed by atoms with Crippen molar-refractivity contribution in [2.24, 2.45) is 0 Å². The molecular formula is C8H6FNO4. The normalized spacial score (nSPS) is 9.57. The van der Waals surface area contributed by atoms with Gasteiger partial charge in [-0.2, -0.15) is 4.39 Å². The summed E-state index contributed by atoms with van der Waals surface area (Å²) in [4.78, 5) is 20.0. The third kappa shape index (κ3) is 2.03. The highest BCUT2D eigenvalue weighted by atomic mass is 19.1. The lowest BCUT2D eigenvalue weighted by Gasteiger charge is -2.01. The summed E-state index contributed by atoms with van der Waals surface area (Å²) in [6.07, 6.45) is 0. The van der Waals surface area contributed by atoms with E-state index in [4.69, 9.17) is 0 Å². The van der Waals surface area contributed by atoms with Gasteiger partial charge in [-0.3, -0.25) is 14.9 Å². The van der Waals surface area contributed by atoms with Gasteiger partial charge in [-0.1, -0.05) is 6.07 Å². The molecule has 0 amide bonds. The highest BCUT2D eigenvalue weighted by Gasteiger charge is 2.21. The van der Waals surface area contributed by atoms with Gasteiger partial charge in [0.05, 0.1) is 4.92 Å². The van der Waals surface area contributed by atoms with E-state index in [0.717, 1.165) is 19.1 Å². The molecule has 0 radical (unpaired) electrons. The van der Waals surface area contributed by atoms with Crippen molar-refractivity contribution in [3.05, 3.63) is 34.1 Å². The first-order valence-electron chi connectivity index (χ1n) is 3.63. The molecular weight excluding hydrogens is 193 g/mol. The van der Waals surface area contributed by atoms with Gasteiger partial charge < -0.3 is 4.74 Å². The van der Waals surface area contributed by atoms with E-state index in [0.29, 0.717) is 0 Å². The van der Waals surface area contributed by atoms with Crippen LogP contribution in [0.3, 0.4) is 0 Å². The molecule has 74 valence electrons. The zero-order valence-electron chi connectivity index (χ0n) is 7.19. The lowest BCUT2D eigenvalue weighted by molar-refractivity contribution is -0.388. The average Bonchev–Trinajstić information content (AvgIpc) is 2.01. The van der Waals surface area contributed by atoms with Crippen molar-refractivity contribution in [2.75, 3.05) is 0 Å². The van der Waals surface area contributed by atoms with Gasteiger partial charge in [-0.15, -0.1) is 0 Å². The van der Waals surface area contributed by atoms with Crippen LogP contribution in [0.25, 0.3) is 0 Å². The van der Waals surface area contributed by atoms with E-state index in [2.05, 4.69) is 4.74 Å². The lowest BCUT2D eigenvalue weighted by Crippen LogP contribution is -2.05. The van der Waals surface area contributed by atoms with Crippen LogP contribution in [0.5, 0.6) is 5.75 Å². The average molecular weight is 199 g/mol. The zero-order valence-corrected chi connectivity index (χ0v) is 7.19. The van der Waals surface area contributed by atoms with Crippen LogP contribution in [-0.4, -0.2) is 10.9 Å². The predicted molar refractivity (Wildman–Crippen MR) is 44.4 cm³/mol. The Labute approximate surface area is 78.3 Å². The van der Waals surface area contributed by atoms with Crippen LogP contribution in [0, 0.1) is 15.9 Å². The van der Waals surface area contributed by atoms with Gasteiger partial charge in [0.25, 0.3) is 0 Å². The number of rotatable bonds is 2. The van der Waals surface area contributed by atoms with Gasteiger partial charge in [0.15, 0.2) is 0 Å². The number of carbonyl (C=O) groups is 1. The Hall–Kier alpha value is -1.98. The van der Waals surface area contributed by atoms with Crippen molar-refractivity contribution < 1.29 is 18.8 Å². The van der Waals surface area contributed by atoms with Gasteiger partial charge in [0.1, 0.15) is 0 Å². The highest BCUT2D eigenvalue weighted by molar-refractivity contribution is 5.71. The predicted octanol–water partition coefficient (Wildman–Crippen LogP) is 1.66. The Morgan fingerprint density at radius 3 is 2.71 bits per heavy atom. The Bertz CT molecular complexity index is 391. The van der Waals surface area contributed by atoms with Crippen LogP contribution in [0.2, 0.25) is 0 Å². The highest BCUT2D eigenvalue weighted by Crippen LogP contribution is 2.29. The number of nitro groups is 1. The minimum atomic E-state index is -1.03. The number of ether oxygens (including phenoxy) is 1. The van der Waals surface area contributed by atoms with Crippen molar-refractivity contribution in [1.82, 2.24) is 0 Å². The van der Waals surface area contributed by atoms with E-state index in [9.17, 15) is 19.3 Å². The van der Waals surface area contributed by atoms with Crippen LogP contribution >= 0.6 is 0 Å². The number of hydrogen-bond donors (Lipinski definition) is 0. The fraction of sp³-hybridized carbons (Fsp3) is 0.125. The molecule has 0 aliphatic carbocycles. The smallest absolute Gasteiger partial charge is 0.346 e. The summed E-state index contributed by atoms with van der Waals surface area (Å²) in [6.45, 7) is 1.08. The maximum absolute atomic E-state index is 12.9. The molecule has 1 aromatic carbocycles. The van der Waals surface area contributed by atoms with Crippen LogP contribution < -0.4 is 4.74 Å². The Kier molecular flexibility index (Phi) is 2.76. The molecule has 1 rings (SSSR count). The molecule has 0 aromatic heterocycles. The Balaban J connectivity index is 3.21. The number of para-hydroxylation sites is 1. The molecule has 0 heterocycles. The second-order valence-corrected chi connectivity index (χ2v) is 2.44. The summed E-state index contributed by atoms with van der Waals surface area (Å²) in [5.74, 6) is -2.16. The molecule has 0 aliphatic rings. The minimum Gasteiger partial charge on any atom is -0.419 e. The first kappa shape index (κ1) is 10.1. The van der Waals surface area contributed by atoms with E-state index < -0.39 is 22.4 Å². The summed E-state index contributed by atoms with van der Waals surface area (Å²) in [5, 5.41) is 10.4. The second kappa shape index (κ2) is 3.82. The number of nitrogens with zero attached hydrogens (tertiary/aromatic N) is 1. The van der Waals surface area contributed by atoms with Crippen molar-refractivity contribution in [3.63, 3.8) is 0 Å². The van der Waals surface area contributed by atoms with E-state index in [1.165, 1.54) is 6.07 Å². The number of benzene rings is 1. The van der Waals surface area contributed by atoms with Crippen LogP contribution in [0.1, 0.15) is 6.92 Å². The number of carbonyl (C=O) groups excluding carboxylic acids is 1. The topological polar surface area (TPSA) is 69.4 Å². The van der Waals surface area contributed by atoms with Gasteiger partial charge >= 0.3 is 11.7 Å². The molecule has 0 N–H and O–H groups in total. The second-order valence-electron chi connectivity index (χ2n) is 2.44. The number of esters is 1. The van der Waals surface area contributed by atoms with E-state index >= 15 is 0 Å². The lowest BCUT2D eigenvalue weighted by atomic mass is 10.3. The summed E-state index contributed by atoms with van der Waals surface area (Å²) in [6, 6.07) is 3.30. The minimum absolute atomic E-state index is 0.387. The zero-order chi connectivity index (χ0) is 10.7. The van der Waals surface area contributed by atoms with Gasteiger partial charge in [-0.25, -0.2) is 0 Å². The molecule has 0 aliphatic heterocycles. The summed E-state index contributed by atoms with van der Waals surface area (Å²) < 4.78 is 17.4. The fourth-order valence-corrected chi connectivity index (χ4v) is 0.910. The largest absolute Gasteiger partial charge is 0.419 e. The van der Waals surface area contributed by atoms with Crippen LogP contribution in [0.4, 0.5) is 10.1 Å². The summed E-state index contributed by atoms with van der Waals surface area (Å²) in [7, 11) is 0. The molecule has 1 aromatic rings. The molecule has 0 fully saturated rings. The molecule has 0 atom stereocenters. The quantitative estimate of drug-likeness (QED) is 0.314. The molecule has 0 bridgehead atoms. The summed E-state index contributed by atoms with van der Waals surface area (Å²) >= 11 is 0. The van der Waals surface area contributed by atoms with E-state index in [1.807, 2.05) is 0 Å². The van der Waals surface area contributed by atoms with Crippen LogP contribution in [0.15, 0.2) is 18.2 Å². The molecule has 14 heavy (non-hydrogen) atoms. The third-order valence-electron chi connectivity index (χ3n) is 1.39. The molecule has 0 saturated carbocycles. The molecule has 0 saturated heterocycles. The van der Waals surface area contributed by atoms with Crippen molar-refractivity contribution >= 4 is 11.7 Å². The Morgan fingerprint density at radius 2 is 2.21 bits per heavy atom. The molecule has 0 spiro atoms. The van der Waals surface area contributed by atoms with Crippen molar-refractivity contribution in [1.29, 1.82) is 0 Å². The molecule has 0 unspecified atom stereocenters. The monoisotopic (exact) mass is 199 g/mol.